The highest BCUT2D eigenvalue weighted by atomic mass is 35.5. The zero-order valence-corrected chi connectivity index (χ0v) is 17.4. The van der Waals surface area contributed by atoms with Crippen molar-refractivity contribution < 1.29 is 22.5 Å². The molecule has 4 rings (SSSR count). The van der Waals surface area contributed by atoms with E-state index in [1.54, 1.807) is 24.3 Å². The van der Waals surface area contributed by atoms with Crippen molar-refractivity contribution in [1.29, 1.82) is 0 Å². The lowest BCUT2D eigenvalue weighted by Crippen LogP contribution is -2.27. The van der Waals surface area contributed by atoms with Crippen LogP contribution in [0.25, 0.3) is 11.4 Å². The average molecular weight is 448 g/mol. The summed E-state index contributed by atoms with van der Waals surface area (Å²) in [7, 11) is -3.53. The van der Waals surface area contributed by atoms with Crippen molar-refractivity contribution in [2.24, 2.45) is 0 Å². The molecule has 3 aromatic rings. The molecule has 0 amide bonds. The van der Waals surface area contributed by atoms with Crippen molar-refractivity contribution in [3.63, 3.8) is 0 Å². The molecule has 0 bridgehead atoms. The number of ether oxygens (including phenoxy) is 1. The van der Waals surface area contributed by atoms with Crippen LogP contribution in [0.4, 0.5) is 0 Å². The van der Waals surface area contributed by atoms with E-state index in [1.165, 1.54) is 28.6 Å². The molecule has 0 aliphatic carbocycles. The first-order chi connectivity index (χ1) is 14.4. The summed E-state index contributed by atoms with van der Waals surface area (Å²) in [4.78, 5) is 16.6. The number of halogens is 1. The Kier molecular flexibility index (Phi) is 5.85. The van der Waals surface area contributed by atoms with Gasteiger partial charge in [0.1, 0.15) is 0 Å². The van der Waals surface area contributed by atoms with Gasteiger partial charge >= 0.3 is 5.97 Å². The lowest BCUT2D eigenvalue weighted by molar-refractivity contribution is 0.0429. The molecular formula is C20H18ClN3O5S. The Morgan fingerprint density at radius 2 is 1.80 bits per heavy atom. The fraction of sp³-hybridized carbons (Fsp3) is 0.250. The molecule has 2 heterocycles. The fourth-order valence-electron chi connectivity index (χ4n) is 3.12. The Morgan fingerprint density at radius 3 is 2.50 bits per heavy atom. The number of hydrogen-bond donors (Lipinski definition) is 0. The largest absolute Gasteiger partial charge is 0.452 e. The van der Waals surface area contributed by atoms with Gasteiger partial charge in [-0.1, -0.05) is 28.9 Å². The lowest BCUT2D eigenvalue weighted by atomic mass is 10.2. The normalized spacial score (nSPS) is 14.7. The van der Waals surface area contributed by atoms with Crippen LogP contribution >= 0.6 is 11.6 Å². The summed E-state index contributed by atoms with van der Waals surface area (Å²) in [6.07, 6.45) is 1.72. The number of hydrogen-bond acceptors (Lipinski definition) is 7. The van der Waals surface area contributed by atoms with Gasteiger partial charge < -0.3 is 9.26 Å². The Bertz CT molecular complexity index is 1160. The molecule has 0 N–H and O–H groups in total. The van der Waals surface area contributed by atoms with Crippen LogP contribution in [-0.2, 0) is 21.4 Å². The van der Waals surface area contributed by atoms with E-state index in [2.05, 4.69) is 10.1 Å². The van der Waals surface area contributed by atoms with Crippen LogP contribution in [0.1, 0.15) is 29.1 Å². The smallest absolute Gasteiger partial charge is 0.338 e. The molecule has 1 aliphatic heterocycles. The minimum atomic E-state index is -3.53. The number of aromatic nitrogens is 2. The van der Waals surface area contributed by atoms with Gasteiger partial charge in [-0.05, 0) is 49.2 Å². The van der Waals surface area contributed by atoms with Gasteiger partial charge in [-0.2, -0.15) is 9.29 Å². The van der Waals surface area contributed by atoms with E-state index < -0.39 is 16.0 Å². The summed E-state index contributed by atoms with van der Waals surface area (Å²) in [5.74, 6) is -0.216. The number of esters is 1. The third kappa shape index (κ3) is 4.23. The second-order valence-electron chi connectivity index (χ2n) is 6.70. The van der Waals surface area contributed by atoms with Crippen molar-refractivity contribution in [1.82, 2.24) is 14.4 Å². The fourth-order valence-corrected chi connectivity index (χ4v) is 4.85. The van der Waals surface area contributed by atoms with Crippen LogP contribution in [0.3, 0.4) is 0 Å². The van der Waals surface area contributed by atoms with Crippen molar-refractivity contribution in [3.8, 4) is 11.4 Å². The zero-order chi connectivity index (χ0) is 21.1. The number of benzene rings is 2. The third-order valence-corrected chi connectivity index (χ3v) is 6.94. The van der Waals surface area contributed by atoms with Crippen LogP contribution in [-0.4, -0.2) is 41.9 Å². The molecule has 0 saturated carbocycles. The van der Waals surface area contributed by atoms with E-state index in [0.717, 1.165) is 12.8 Å². The molecule has 156 valence electrons. The number of rotatable bonds is 6. The Balaban J connectivity index is 1.39. The van der Waals surface area contributed by atoms with Crippen molar-refractivity contribution >= 4 is 27.6 Å². The Labute approximate surface area is 178 Å². The maximum absolute atomic E-state index is 12.5. The second-order valence-corrected chi connectivity index (χ2v) is 9.05. The van der Waals surface area contributed by atoms with E-state index in [4.69, 9.17) is 20.9 Å². The molecular weight excluding hydrogens is 430 g/mol. The molecule has 0 atom stereocenters. The highest BCUT2D eigenvalue weighted by molar-refractivity contribution is 7.89. The summed E-state index contributed by atoms with van der Waals surface area (Å²) >= 11 is 6.11. The molecule has 1 saturated heterocycles. The van der Waals surface area contributed by atoms with Gasteiger partial charge in [-0.3, -0.25) is 0 Å². The van der Waals surface area contributed by atoms with E-state index in [0.29, 0.717) is 29.5 Å². The lowest BCUT2D eigenvalue weighted by Gasteiger charge is -2.15. The molecule has 1 aromatic heterocycles. The van der Waals surface area contributed by atoms with Crippen LogP contribution < -0.4 is 0 Å². The van der Waals surface area contributed by atoms with Gasteiger partial charge in [0.05, 0.1) is 15.5 Å². The maximum Gasteiger partial charge on any atom is 0.338 e. The zero-order valence-electron chi connectivity index (χ0n) is 15.8. The molecule has 8 nitrogen and oxygen atoms in total. The highest BCUT2D eigenvalue weighted by Crippen LogP contribution is 2.25. The van der Waals surface area contributed by atoms with Gasteiger partial charge in [-0.15, -0.1) is 0 Å². The first kappa shape index (κ1) is 20.5. The van der Waals surface area contributed by atoms with Gasteiger partial charge in [0.15, 0.2) is 6.61 Å². The predicted molar refractivity (Wildman–Crippen MR) is 108 cm³/mol. The van der Waals surface area contributed by atoms with E-state index >= 15 is 0 Å². The van der Waals surface area contributed by atoms with Gasteiger partial charge in [0.25, 0.3) is 5.89 Å². The quantitative estimate of drug-likeness (QED) is 0.532. The van der Waals surface area contributed by atoms with Crippen molar-refractivity contribution in [2.75, 3.05) is 13.1 Å². The molecule has 1 fully saturated rings. The molecule has 10 heteroatoms. The summed E-state index contributed by atoms with van der Waals surface area (Å²) in [6, 6.07) is 12.7. The van der Waals surface area contributed by atoms with Crippen LogP contribution in [0.5, 0.6) is 0 Å². The minimum Gasteiger partial charge on any atom is -0.452 e. The molecule has 0 spiro atoms. The van der Waals surface area contributed by atoms with E-state index in [1.807, 2.05) is 0 Å². The highest BCUT2D eigenvalue weighted by Gasteiger charge is 2.27. The maximum atomic E-state index is 12.5. The number of nitrogens with zero attached hydrogens (tertiary/aromatic N) is 3. The Hall–Kier alpha value is -2.75. The Morgan fingerprint density at radius 1 is 1.10 bits per heavy atom. The van der Waals surface area contributed by atoms with Crippen molar-refractivity contribution in [2.45, 2.75) is 24.3 Å². The van der Waals surface area contributed by atoms with Crippen LogP contribution in [0, 0.1) is 0 Å². The van der Waals surface area contributed by atoms with Crippen molar-refractivity contribution in [3.05, 3.63) is 65.0 Å². The number of sulfonamides is 1. The van der Waals surface area contributed by atoms with E-state index in [9.17, 15) is 13.2 Å². The minimum absolute atomic E-state index is 0.117. The summed E-state index contributed by atoms with van der Waals surface area (Å²) in [5.41, 5.74) is 0.830. The molecule has 0 radical (unpaired) electrons. The summed E-state index contributed by atoms with van der Waals surface area (Å²) in [5, 5.41) is 4.32. The topological polar surface area (TPSA) is 103 Å². The van der Waals surface area contributed by atoms with Crippen LogP contribution in [0.15, 0.2) is 57.9 Å². The van der Waals surface area contributed by atoms with Gasteiger partial charge in [-0.25, -0.2) is 13.2 Å². The molecule has 30 heavy (non-hydrogen) atoms. The van der Waals surface area contributed by atoms with Gasteiger partial charge in [0.2, 0.25) is 15.8 Å². The molecule has 0 unspecified atom stereocenters. The average Bonchev–Trinajstić information content (AvgIpc) is 3.45. The number of carbonyl (C=O) groups is 1. The summed E-state index contributed by atoms with van der Waals surface area (Å²) in [6.45, 7) is 0.823. The van der Waals surface area contributed by atoms with Gasteiger partial charge in [0, 0.05) is 18.7 Å². The third-order valence-electron chi connectivity index (χ3n) is 4.70. The molecule has 2 aromatic carbocycles. The number of carbonyl (C=O) groups excluding carboxylic acids is 1. The monoisotopic (exact) mass is 447 g/mol. The molecule has 1 aliphatic rings. The SMILES string of the molecule is O=C(OCc1nc(-c2ccccc2Cl)no1)c1ccc(S(=O)(=O)N2CCCC2)cc1. The summed E-state index contributed by atoms with van der Waals surface area (Å²) < 4.78 is 36.8. The second kappa shape index (κ2) is 8.55. The van der Waals surface area contributed by atoms with Crippen LogP contribution in [0.2, 0.25) is 5.02 Å². The van der Waals surface area contributed by atoms with E-state index in [-0.39, 0.29) is 23.0 Å². The first-order valence-corrected chi connectivity index (χ1v) is 11.1. The first-order valence-electron chi connectivity index (χ1n) is 9.30. The standard InChI is InChI=1S/C20H18ClN3O5S/c21-17-6-2-1-5-16(17)19-22-18(29-23-19)13-28-20(25)14-7-9-15(10-8-14)30(26,27)24-11-3-4-12-24/h1-2,5-10H,3-4,11-13H2. The predicted octanol–water partition coefficient (Wildman–Crippen LogP) is 3.53.